The van der Waals surface area contributed by atoms with Crippen molar-refractivity contribution < 1.29 is 0 Å². The highest BCUT2D eigenvalue weighted by atomic mass is 15.1. The first kappa shape index (κ1) is 28.2. The van der Waals surface area contributed by atoms with Crippen molar-refractivity contribution in [1.82, 2.24) is 9.13 Å². The summed E-state index contributed by atoms with van der Waals surface area (Å²) in [6.45, 7) is 0. The van der Waals surface area contributed by atoms with Crippen molar-refractivity contribution in [3.8, 4) is 23.5 Å². The number of para-hydroxylation sites is 5. The van der Waals surface area contributed by atoms with Crippen molar-refractivity contribution in [2.75, 3.05) is 4.90 Å². The van der Waals surface area contributed by atoms with Crippen LogP contribution in [-0.2, 0) is 0 Å². The highest BCUT2D eigenvalue weighted by Gasteiger charge is 2.21. The number of hydrogen-bond donors (Lipinski definition) is 0. The zero-order valence-corrected chi connectivity index (χ0v) is 26.3. The number of nitriles is 2. The Morgan fingerprint density at radius 1 is 0.408 bits per heavy atom. The van der Waals surface area contributed by atoms with Crippen LogP contribution in [0, 0.1) is 22.7 Å². The molecular formula is C44H27N5. The molecule has 5 heteroatoms. The van der Waals surface area contributed by atoms with Crippen LogP contribution in [0.15, 0.2) is 164 Å². The maximum atomic E-state index is 10.5. The van der Waals surface area contributed by atoms with Crippen molar-refractivity contribution in [3.63, 3.8) is 0 Å². The zero-order valence-electron chi connectivity index (χ0n) is 26.3. The molecule has 7 aromatic carbocycles. The van der Waals surface area contributed by atoms with Crippen LogP contribution in [0.5, 0.6) is 0 Å². The molecule has 228 valence electrons. The van der Waals surface area contributed by atoms with Gasteiger partial charge < -0.3 is 14.0 Å². The van der Waals surface area contributed by atoms with Crippen molar-refractivity contribution >= 4 is 60.7 Å². The predicted octanol–water partition coefficient (Wildman–Crippen LogP) is 11.1. The molecule has 0 saturated heterocycles. The van der Waals surface area contributed by atoms with Crippen molar-refractivity contribution in [2.45, 2.75) is 0 Å². The molecule has 49 heavy (non-hydrogen) atoms. The summed E-state index contributed by atoms with van der Waals surface area (Å²) in [5.74, 6) is 0. The minimum absolute atomic E-state index is 0.332. The molecule has 0 unspecified atom stereocenters. The van der Waals surface area contributed by atoms with Crippen LogP contribution in [0.3, 0.4) is 0 Å². The molecule has 0 spiro atoms. The highest BCUT2D eigenvalue weighted by Crippen LogP contribution is 2.41. The predicted molar refractivity (Wildman–Crippen MR) is 199 cm³/mol. The summed E-state index contributed by atoms with van der Waals surface area (Å²) in [7, 11) is 0. The maximum absolute atomic E-state index is 10.5. The van der Waals surface area contributed by atoms with E-state index in [0.717, 1.165) is 66.4 Å². The molecule has 0 bridgehead atoms. The Morgan fingerprint density at radius 2 is 0.898 bits per heavy atom. The van der Waals surface area contributed by atoms with Crippen LogP contribution in [0.2, 0.25) is 0 Å². The monoisotopic (exact) mass is 625 g/mol. The standard InChI is InChI=1S/C44H27N5/c45-28-30-25-34(27-44(39(30)29-46)49-41-21-11-7-17-35(41)36-18-8-12-22-42(36)49)48-40-20-10-9-19-37(40)38-26-33(23-24-43(38)48)47(31-13-3-1-4-14-31)32-15-5-2-6-16-32/h1-27H. The molecule has 9 rings (SSSR count). The SMILES string of the molecule is N#Cc1cc(-n2c3ccccc3c3cc(N(c4ccccc4)c4ccccc4)ccc32)cc(-n2c3ccccc3c3ccccc32)c1C#N. The first-order chi connectivity index (χ1) is 24.2. The van der Waals surface area contributed by atoms with Gasteiger partial charge in [-0.3, -0.25) is 0 Å². The second kappa shape index (κ2) is 11.3. The van der Waals surface area contributed by atoms with Gasteiger partial charge in [0.15, 0.2) is 0 Å². The third-order valence-electron chi connectivity index (χ3n) is 9.36. The van der Waals surface area contributed by atoms with Gasteiger partial charge in [0.1, 0.15) is 12.1 Å². The summed E-state index contributed by atoms with van der Waals surface area (Å²) in [6, 6.07) is 60.8. The quantitative estimate of drug-likeness (QED) is 0.191. The lowest BCUT2D eigenvalue weighted by Gasteiger charge is -2.25. The lowest BCUT2D eigenvalue weighted by Crippen LogP contribution is -2.09. The largest absolute Gasteiger partial charge is 0.310 e. The fourth-order valence-electron chi connectivity index (χ4n) is 7.28. The molecule has 0 amide bonds. The van der Waals surface area contributed by atoms with Crippen molar-refractivity contribution in [3.05, 3.63) is 175 Å². The van der Waals surface area contributed by atoms with Gasteiger partial charge in [-0.25, -0.2) is 0 Å². The molecule has 0 fully saturated rings. The summed E-state index contributed by atoms with van der Waals surface area (Å²) in [6.07, 6.45) is 0. The average Bonchev–Trinajstić information content (AvgIpc) is 3.68. The molecular weight excluding hydrogens is 599 g/mol. The third-order valence-corrected chi connectivity index (χ3v) is 9.36. The molecule has 2 heterocycles. The Labute approximate surface area is 282 Å². The number of fused-ring (bicyclic) bond motifs is 6. The molecule has 9 aromatic rings. The van der Waals surface area contributed by atoms with E-state index in [1.165, 1.54) is 0 Å². The van der Waals surface area contributed by atoms with Crippen LogP contribution < -0.4 is 4.90 Å². The van der Waals surface area contributed by atoms with Crippen LogP contribution in [0.4, 0.5) is 17.1 Å². The van der Waals surface area contributed by atoms with E-state index >= 15 is 0 Å². The number of aromatic nitrogens is 2. The summed E-state index contributed by atoms with van der Waals surface area (Å²) in [5.41, 5.74) is 9.33. The minimum Gasteiger partial charge on any atom is -0.310 e. The lowest BCUT2D eigenvalue weighted by atomic mass is 10.0. The first-order valence-corrected chi connectivity index (χ1v) is 16.2. The Morgan fingerprint density at radius 3 is 1.45 bits per heavy atom. The molecule has 0 atom stereocenters. The molecule has 0 saturated carbocycles. The molecule has 0 N–H and O–H groups in total. The van der Waals surface area contributed by atoms with Gasteiger partial charge in [0.05, 0.1) is 38.9 Å². The zero-order chi connectivity index (χ0) is 32.9. The van der Waals surface area contributed by atoms with Gasteiger partial charge in [0.2, 0.25) is 0 Å². The number of benzene rings is 7. The number of anilines is 3. The summed E-state index contributed by atoms with van der Waals surface area (Å²) in [4.78, 5) is 2.27. The second-order valence-electron chi connectivity index (χ2n) is 12.0. The third kappa shape index (κ3) is 4.38. The Bertz CT molecular complexity index is 2700. The first-order valence-electron chi connectivity index (χ1n) is 16.2. The molecule has 5 nitrogen and oxygen atoms in total. The van der Waals surface area contributed by atoms with E-state index in [4.69, 9.17) is 0 Å². The fourth-order valence-corrected chi connectivity index (χ4v) is 7.28. The van der Waals surface area contributed by atoms with Gasteiger partial charge in [0.25, 0.3) is 0 Å². The minimum atomic E-state index is 0.332. The van der Waals surface area contributed by atoms with Gasteiger partial charge >= 0.3 is 0 Å². The number of hydrogen-bond acceptors (Lipinski definition) is 3. The van der Waals surface area contributed by atoms with Gasteiger partial charge in [-0.05, 0) is 72.8 Å². The van der Waals surface area contributed by atoms with Crippen LogP contribution in [0.1, 0.15) is 11.1 Å². The molecule has 0 aliphatic heterocycles. The Balaban J connectivity index is 1.32. The topological polar surface area (TPSA) is 60.7 Å². The number of nitrogens with zero attached hydrogens (tertiary/aromatic N) is 5. The smallest absolute Gasteiger partial charge is 0.103 e. The molecule has 0 aliphatic rings. The van der Waals surface area contributed by atoms with Crippen molar-refractivity contribution in [1.29, 1.82) is 10.5 Å². The van der Waals surface area contributed by atoms with E-state index < -0.39 is 0 Å². The van der Waals surface area contributed by atoms with E-state index in [1.54, 1.807) is 0 Å². The lowest BCUT2D eigenvalue weighted by molar-refractivity contribution is 1.12. The summed E-state index contributed by atoms with van der Waals surface area (Å²) < 4.78 is 4.33. The van der Waals surface area contributed by atoms with E-state index in [2.05, 4.69) is 141 Å². The average molecular weight is 626 g/mol. The maximum Gasteiger partial charge on any atom is 0.103 e. The normalized spacial score (nSPS) is 11.2. The fraction of sp³-hybridized carbons (Fsp3) is 0. The Kier molecular flexibility index (Phi) is 6.50. The molecule has 0 aliphatic carbocycles. The van der Waals surface area contributed by atoms with Gasteiger partial charge in [-0.2, -0.15) is 10.5 Å². The Hall–Kier alpha value is -7.08. The summed E-state index contributed by atoms with van der Waals surface area (Å²) >= 11 is 0. The van der Waals surface area contributed by atoms with Crippen molar-refractivity contribution in [2.24, 2.45) is 0 Å². The van der Waals surface area contributed by atoms with Gasteiger partial charge in [-0.15, -0.1) is 0 Å². The molecule has 2 aromatic heterocycles. The molecule has 0 radical (unpaired) electrons. The second-order valence-corrected chi connectivity index (χ2v) is 12.0. The van der Waals surface area contributed by atoms with Gasteiger partial charge in [0, 0.05) is 44.3 Å². The van der Waals surface area contributed by atoms with Gasteiger partial charge in [-0.1, -0.05) is 91.0 Å². The van der Waals surface area contributed by atoms with E-state index in [1.807, 2.05) is 48.5 Å². The highest BCUT2D eigenvalue weighted by molar-refractivity contribution is 6.11. The van der Waals surface area contributed by atoms with Crippen LogP contribution >= 0.6 is 0 Å². The van der Waals surface area contributed by atoms with E-state index in [-0.39, 0.29) is 0 Å². The van der Waals surface area contributed by atoms with Crippen LogP contribution in [-0.4, -0.2) is 9.13 Å². The van der Waals surface area contributed by atoms with E-state index in [0.29, 0.717) is 16.8 Å². The van der Waals surface area contributed by atoms with E-state index in [9.17, 15) is 10.5 Å². The van der Waals surface area contributed by atoms with Crippen LogP contribution in [0.25, 0.3) is 55.0 Å². The summed E-state index contributed by atoms with van der Waals surface area (Å²) in [5, 5.41) is 25.3. The number of rotatable bonds is 5.